The summed E-state index contributed by atoms with van der Waals surface area (Å²) in [6, 6.07) is 5.05. The Bertz CT molecular complexity index is 418. The molecule has 2 aliphatic heterocycles. The number of hydrogen-bond acceptors (Lipinski definition) is 3. The minimum absolute atomic E-state index is 0.360. The highest BCUT2D eigenvalue weighted by molar-refractivity contribution is 5.06. The molecule has 0 bridgehead atoms. The summed E-state index contributed by atoms with van der Waals surface area (Å²) in [6.45, 7) is 8.53. The van der Waals surface area contributed by atoms with Gasteiger partial charge < -0.3 is 14.6 Å². The summed E-state index contributed by atoms with van der Waals surface area (Å²) in [4.78, 5) is 2.61. The van der Waals surface area contributed by atoms with E-state index in [2.05, 4.69) is 40.0 Å². The van der Waals surface area contributed by atoms with Gasteiger partial charge in [-0.1, -0.05) is 6.92 Å². The standard InChI is InChI=1S/C16H27N3O/c1-2-7-18-8-3-5-14(18)10-17-11-16-12-19-9-4-6-15(19)13-20-16/h3,5,8,15-17H,2,4,6-7,9-13H2,1H3. The van der Waals surface area contributed by atoms with E-state index in [1.807, 2.05) is 0 Å². The highest BCUT2D eigenvalue weighted by Crippen LogP contribution is 2.22. The van der Waals surface area contributed by atoms with Gasteiger partial charge in [-0.15, -0.1) is 0 Å². The number of nitrogens with zero attached hydrogens (tertiary/aromatic N) is 2. The number of fused-ring (bicyclic) bond motifs is 1. The highest BCUT2D eigenvalue weighted by Gasteiger charge is 2.31. The number of morpholine rings is 1. The van der Waals surface area contributed by atoms with Crippen LogP contribution in [-0.4, -0.2) is 47.9 Å². The molecule has 3 heterocycles. The molecule has 0 radical (unpaired) electrons. The summed E-state index contributed by atoms with van der Waals surface area (Å²) in [5.41, 5.74) is 1.38. The van der Waals surface area contributed by atoms with Crippen LogP contribution >= 0.6 is 0 Å². The molecule has 0 saturated carbocycles. The summed E-state index contributed by atoms with van der Waals surface area (Å²) in [6.07, 6.45) is 6.39. The third-order valence-electron chi connectivity index (χ3n) is 4.53. The summed E-state index contributed by atoms with van der Waals surface area (Å²) in [7, 11) is 0. The molecule has 2 saturated heterocycles. The Morgan fingerprint density at radius 3 is 3.30 bits per heavy atom. The fraction of sp³-hybridized carbons (Fsp3) is 0.750. The van der Waals surface area contributed by atoms with Crippen molar-refractivity contribution in [3.8, 4) is 0 Å². The Kier molecular flexibility index (Phi) is 4.76. The van der Waals surface area contributed by atoms with Crippen LogP contribution in [0.2, 0.25) is 0 Å². The molecule has 0 aliphatic carbocycles. The van der Waals surface area contributed by atoms with Crippen LogP contribution < -0.4 is 5.32 Å². The maximum Gasteiger partial charge on any atom is 0.0827 e. The predicted octanol–water partition coefficient (Wildman–Crippen LogP) is 1.85. The zero-order chi connectivity index (χ0) is 13.8. The van der Waals surface area contributed by atoms with Crippen LogP contribution in [0.1, 0.15) is 31.9 Å². The van der Waals surface area contributed by atoms with E-state index in [1.54, 1.807) is 0 Å². The van der Waals surface area contributed by atoms with Crippen molar-refractivity contribution in [1.82, 2.24) is 14.8 Å². The lowest BCUT2D eigenvalue weighted by atomic mass is 10.2. The normalized spacial score (nSPS) is 26.9. The van der Waals surface area contributed by atoms with Crippen molar-refractivity contribution in [2.45, 2.75) is 51.4 Å². The van der Waals surface area contributed by atoms with Crippen LogP contribution in [-0.2, 0) is 17.8 Å². The van der Waals surface area contributed by atoms with Crippen LogP contribution in [0.4, 0.5) is 0 Å². The minimum atomic E-state index is 0.360. The lowest BCUT2D eigenvalue weighted by molar-refractivity contribution is -0.0470. The van der Waals surface area contributed by atoms with E-state index in [0.29, 0.717) is 12.1 Å². The Hall–Kier alpha value is -0.840. The lowest BCUT2D eigenvalue weighted by Gasteiger charge is -2.35. The summed E-state index contributed by atoms with van der Waals surface area (Å²) >= 11 is 0. The Balaban J connectivity index is 1.42. The molecule has 4 nitrogen and oxygen atoms in total. The van der Waals surface area contributed by atoms with Crippen LogP contribution in [0.3, 0.4) is 0 Å². The van der Waals surface area contributed by atoms with Gasteiger partial charge in [0.05, 0.1) is 12.7 Å². The molecular weight excluding hydrogens is 250 g/mol. The SMILES string of the molecule is CCCn1cccc1CNCC1CN2CCCC2CO1. The van der Waals surface area contributed by atoms with E-state index in [4.69, 9.17) is 4.74 Å². The molecule has 2 atom stereocenters. The van der Waals surface area contributed by atoms with Crippen molar-refractivity contribution in [2.24, 2.45) is 0 Å². The molecule has 2 aliphatic rings. The third kappa shape index (κ3) is 3.25. The minimum Gasteiger partial charge on any atom is -0.374 e. The van der Waals surface area contributed by atoms with Crippen molar-refractivity contribution in [3.05, 3.63) is 24.0 Å². The molecular formula is C16H27N3O. The molecule has 1 aromatic rings. The van der Waals surface area contributed by atoms with E-state index in [1.165, 1.54) is 31.5 Å². The van der Waals surface area contributed by atoms with Gasteiger partial charge in [-0.3, -0.25) is 4.90 Å². The number of aryl methyl sites for hydroxylation is 1. The molecule has 0 aromatic carbocycles. The summed E-state index contributed by atoms with van der Waals surface area (Å²) in [5.74, 6) is 0. The van der Waals surface area contributed by atoms with Crippen molar-refractivity contribution >= 4 is 0 Å². The molecule has 1 N–H and O–H groups in total. The van der Waals surface area contributed by atoms with Crippen molar-refractivity contribution in [2.75, 3.05) is 26.2 Å². The number of nitrogens with one attached hydrogen (secondary N) is 1. The maximum atomic E-state index is 5.98. The third-order valence-corrected chi connectivity index (χ3v) is 4.53. The molecule has 4 heteroatoms. The second-order valence-electron chi connectivity index (χ2n) is 6.07. The van der Waals surface area contributed by atoms with Gasteiger partial charge in [0.25, 0.3) is 0 Å². The second kappa shape index (κ2) is 6.74. The fourth-order valence-electron chi connectivity index (χ4n) is 3.44. The Morgan fingerprint density at radius 1 is 1.45 bits per heavy atom. The number of aromatic nitrogens is 1. The molecule has 0 spiro atoms. The van der Waals surface area contributed by atoms with Crippen LogP contribution in [0, 0.1) is 0 Å². The van der Waals surface area contributed by atoms with Crippen molar-refractivity contribution in [1.29, 1.82) is 0 Å². The van der Waals surface area contributed by atoms with Gasteiger partial charge in [0.15, 0.2) is 0 Å². The quantitative estimate of drug-likeness (QED) is 0.860. The molecule has 2 unspecified atom stereocenters. The van der Waals surface area contributed by atoms with Crippen LogP contribution in [0.15, 0.2) is 18.3 Å². The van der Waals surface area contributed by atoms with Crippen LogP contribution in [0.25, 0.3) is 0 Å². The smallest absolute Gasteiger partial charge is 0.0827 e. The topological polar surface area (TPSA) is 29.4 Å². The first-order chi connectivity index (χ1) is 9.86. The molecule has 0 amide bonds. The lowest BCUT2D eigenvalue weighted by Crippen LogP contribution is -2.49. The summed E-state index contributed by atoms with van der Waals surface area (Å²) in [5, 5.41) is 3.56. The van der Waals surface area contributed by atoms with E-state index in [-0.39, 0.29) is 0 Å². The van der Waals surface area contributed by atoms with E-state index >= 15 is 0 Å². The number of ether oxygens (including phenoxy) is 1. The highest BCUT2D eigenvalue weighted by atomic mass is 16.5. The first-order valence-corrected chi connectivity index (χ1v) is 8.07. The van der Waals surface area contributed by atoms with Crippen molar-refractivity contribution in [3.63, 3.8) is 0 Å². The monoisotopic (exact) mass is 277 g/mol. The van der Waals surface area contributed by atoms with E-state index in [0.717, 1.165) is 32.8 Å². The van der Waals surface area contributed by atoms with Gasteiger partial charge in [0.2, 0.25) is 0 Å². The van der Waals surface area contributed by atoms with Gasteiger partial charge in [-0.05, 0) is 37.9 Å². The molecule has 20 heavy (non-hydrogen) atoms. The number of rotatable bonds is 6. The average molecular weight is 277 g/mol. The van der Waals surface area contributed by atoms with Crippen molar-refractivity contribution < 1.29 is 4.74 Å². The molecule has 112 valence electrons. The number of hydrogen-bond donors (Lipinski definition) is 1. The van der Waals surface area contributed by atoms with Gasteiger partial charge in [0.1, 0.15) is 0 Å². The van der Waals surface area contributed by atoms with Crippen LogP contribution in [0.5, 0.6) is 0 Å². The first-order valence-electron chi connectivity index (χ1n) is 8.07. The first kappa shape index (κ1) is 14.1. The largest absolute Gasteiger partial charge is 0.374 e. The second-order valence-corrected chi connectivity index (χ2v) is 6.07. The van der Waals surface area contributed by atoms with Gasteiger partial charge in [-0.25, -0.2) is 0 Å². The molecule has 3 rings (SSSR count). The Labute approximate surface area is 122 Å². The average Bonchev–Trinajstić information content (AvgIpc) is 3.08. The maximum absolute atomic E-state index is 5.98. The zero-order valence-corrected chi connectivity index (χ0v) is 12.6. The van der Waals surface area contributed by atoms with Gasteiger partial charge >= 0.3 is 0 Å². The van der Waals surface area contributed by atoms with E-state index in [9.17, 15) is 0 Å². The Morgan fingerprint density at radius 2 is 2.40 bits per heavy atom. The van der Waals surface area contributed by atoms with E-state index < -0.39 is 0 Å². The molecule has 1 aromatic heterocycles. The van der Waals surface area contributed by atoms with Gasteiger partial charge in [-0.2, -0.15) is 0 Å². The van der Waals surface area contributed by atoms with Gasteiger partial charge in [0, 0.05) is 44.1 Å². The zero-order valence-electron chi connectivity index (χ0n) is 12.6. The molecule has 2 fully saturated rings. The fourth-order valence-corrected chi connectivity index (χ4v) is 3.44. The predicted molar refractivity (Wildman–Crippen MR) is 80.8 cm³/mol. The summed E-state index contributed by atoms with van der Waals surface area (Å²) < 4.78 is 8.32.